The smallest absolute Gasteiger partial charge is 0.260 e. The van der Waals surface area contributed by atoms with Gasteiger partial charge < -0.3 is 19.5 Å². The van der Waals surface area contributed by atoms with Gasteiger partial charge in [0.05, 0.1) is 18.8 Å². The summed E-state index contributed by atoms with van der Waals surface area (Å²) in [5.74, 6) is 0.660. The Kier molecular flexibility index (Phi) is 5.20. The lowest BCUT2D eigenvalue weighted by Gasteiger charge is -2.36. The molecule has 1 aromatic carbocycles. The number of hydrogen-bond acceptors (Lipinski definition) is 4. The van der Waals surface area contributed by atoms with Crippen LogP contribution in [-0.4, -0.2) is 54.4 Å². The fourth-order valence-corrected chi connectivity index (χ4v) is 2.44. The summed E-state index contributed by atoms with van der Waals surface area (Å²) >= 11 is 0. The summed E-state index contributed by atoms with van der Waals surface area (Å²) < 4.78 is 11.2. The molecule has 5 heteroatoms. The number of aliphatic hydroxyl groups is 1. The van der Waals surface area contributed by atoms with Gasteiger partial charge in [0.25, 0.3) is 5.91 Å². The molecule has 116 valence electrons. The van der Waals surface area contributed by atoms with Gasteiger partial charge in [0, 0.05) is 13.1 Å². The molecule has 0 spiro atoms. The van der Waals surface area contributed by atoms with E-state index in [4.69, 9.17) is 9.47 Å². The Morgan fingerprint density at radius 2 is 2.19 bits per heavy atom. The van der Waals surface area contributed by atoms with E-state index in [1.807, 2.05) is 39.0 Å². The number of rotatable bonds is 4. The summed E-state index contributed by atoms with van der Waals surface area (Å²) in [6.07, 6.45) is -0.376. The van der Waals surface area contributed by atoms with E-state index in [0.717, 1.165) is 16.9 Å². The molecule has 21 heavy (non-hydrogen) atoms. The maximum atomic E-state index is 12.2. The number of carbonyl (C=O) groups is 1. The summed E-state index contributed by atoms with van der Waals surface area (Å²) in [6, 6.07) is 5.92. The van der Waals surface area contributed by atoms with Gasteiger partial charge in [0.1, 0.15) is 5.75 Å². The number of benzene rings is 1. The third kappa shape index (κ3) is 4.19. The van der Waals surface area contributed by atoms with Crippen molar-refractivity contribution in [3.63, 3.8) is 0 Å². The lowest BCUT2D eigenvalue weighted by atomic mass is 10.1. The first kappa shape index (κ1) is 15.8. The predicted molar refractivity (Wildman–Crippen MR) is 79.4 cm³/mol. The fraction of sp³-hybridized carbons (Fsp3) is 0.562. The van der Waals surface area contributed by atoms with Crippen molar-refractivity contribution in [3.05, 3.63) is 29.3 Å². The molecule has 0 radical (unpaired) electrons. The molecule has 1 aromatic rings. The molecule has 1 saturated heterocycles. The van der Waals surface area contributed by atoms with E-state index >= 15 is 0 Å². The molecule has 1 N–H and O–H groups in total. The van der Waals surface area contributed by atoms with E-state index < -0.39 is 0 Å². The second-order valence-corrected chi connectivity index (χ2v) is 5.61. The zero-order valence-electron chi connectivity index (χ0n) is 12.8. The van der Waals surface area contributed by atoms with Crippen LogP contribution >= 0.6 is 0 Å². The maximum absolute atomic E-state index is 12.2. The molecular formula is C16H23NO4. The van der Waals surface area contributed by atoms with Gasteiger partial charge in [-0.15, -0.1) is 0 Å². The SMILES string of the molecule is Cc1ccc(C)c(OCC(=O)N2CC(C)OC(CO)C2)c1. The van der Waals surface area contributed by atoms with Crippen LogP contribution in [-0.2, 0) is 9.53 Å². The minimum atomic E-state index is -0.307. The lowest BCUT2D eigenvalue weighted by Crippen LogP contribution is -2.51. The molecule has 2 atom stereocenters. The second kappa shape index (κ2) is 6.91. The van der Waals surface area contributed by atoms with Crippen molar-refractivity contribution < 1.29 is 19.4 Å². The monoisotopic (exact) mass is 293 g/mol. The molecule has 0 bridgehead atoms. The van der Waals surface area contributed by atoms with Crippen molar-refractivity contribution in [2.24, 2.45) is 0 Å². The van der Waals surface area contributed by atoms with E-state index in [1.165, 1.54) is 0 Å². The summed E-state index contributed by atoms with van der Waals surface area (Å²) in [5, 5.41) is 9.19. The van der Waals surface area contributed by atoms with E-state index in [9.17, 15) is 9.90 Å². The first-order valence-corrected chi connectivity index (χ1v) is 7.23. The molecule has 1 fully saturated rings. The Morgan fingerprint density at radius 3 is 2.90 bits per heavy atom. The minimum Gasteiger partial charge on any atom is -0.483 e. The van der Waals surface area contributed by atoms with Crippen molar-refractivity contribution in [1.29, 1.82) is 0 Å². The minimum absolute atomic E-state index is 0.00909. The number of aliphatic hydroxyl groups excluding tert-OH is 1. The molecule has 5 nitrogen and oxygen atoms in total. The van der Waals surface area contributed by atoms with Crippen LogP contribution in [0.25, 0.3) is 0 Å². The number of aryl methyl sites for hydroxylation is 2. The van der Waals surface area contributed by atoms with Gasteiger partial charge in [-0.1, -0.05) is 12.1 Å². The number of hydrogen-bond donors (Lipinski definition) is 1. The second-order valence-electron chi connectivity index (χ2n) is 5.61. The number of ether oxygens (including phenoxy) is 2. The quantitative estimate of drug-likeness (QED) is 0.909. The average Bonchev–Trinajstić information content (AvgIpc) is 2.47. The van der Waals surface area contributed by atoms with Gasteiger partial charge in [0.15, 0.2) is 6.61 Å². The zero-order valence-corrected chi connectivity index (χ0v) is 12.8. The van der Waals surface area contributed by atoms with Crippen LogP contribution < -0.4 is 4.74 Å². The van der Waals surface area contributed by atoms with Crippen molar-refractivity contribution in [1.82, 2.24) is 4.90 Å². The number of morpholine rings is 1. The Hall–Kier alpha value is -1.59. The largest absolute Gasteiger partial charge is 0.483 e. The van der Waals surface area contributed by atoms with Gasteiger partial charge in [-0.3, -0.25) is 4.79 Å². The van der Waals surface area contributed by atoms with Gasteiger partial charge in [-0.05, 0) is 38.0 Å². The molecule has 2 unspecified atom stereocenters. The standard InChI is InChI=1S/C16H23NO4/c1-11-4-5-12(2)15(6-11)20-10-16(19)17-7-13(3)21-14(8-17)9-18/h4-6,13-14,18H,7-10H2,1-3H3. The fourth-order valence-electron chi connectivity index (χ4n) is 2.44. The van der Waals surface area contributed by atoms with Crippen molar-refractivity contribution in [2.45, 2.75) is 33.0 Å². The first-order valence-electron chi connectivity index (χ1n) is 7.23. The molecular weight excluding hydrogens is 270 g/mol. The molecule has 0 saturated carbocycles. The van der Waals surface area contributed by atoms with E-state index in [-0.39, 0.29) is 31.3 Å². The third-order valence-corrected chi connectivity index (χ3v) is 3.58. The predicted octanol–water partition coefficient (Wildman–Crippen LogP) is 1.29. The summed E-state index contributed by atoms with van der Waals surface area (Å²) in [4.78, 5) is 13.9. The molecule has 1 heterocycles. The number of carbonyl (C=O) groups excluding carboxylic acids is 1. The molecule has 0 aromatic heterocycles. The summed E-state index contributed by atoms with van der Waals surface area (Å²) in [5.41, 5.74) is 2.11. The van der Waals surface area contributed by atoms with Gasteiger partial charge in [-0.2, -0.15) is 0 Å². The Morgan fingerprint density at radius 1 is 1.43 bits per heavy atom. The summed E-state index contributed by atoms with van der Waals surface area (Å²) in [7, 11) is 0. The van der Waals surface area contributed by atoms with E-state index in [0.29, 0.717) is 13.1 Å². The van der Waals surface area contributed by atoms with Gasteiger partial charge >= 0.3 is 0 Å². The topological polar surface area (TPSA) is 59.0 Å². The summed E-state index contributed by atoms with van der Waals surface area (Å²) in [6.45, 7) is 6.72. The third-order valence-electron chi connectivity index (χ3n) is 3.58. The molecule has 1 aliphatic heterocycles. The van der Waals surface area contributed by atoms with Crippen LogP contribution in [0.5, 0.6) is 5.75 Å². The van der Waals surface area contributed by atoms with Crippen LogP contribution in [0.2, 0.25) is 0 Å². The molecule has 0 aliphatic carbocycles. The van der Waals surface area contributed by atoms with Crippen LogP contribution in [0, 0.1) is 13.8 Å². The van der Waals surface area contributed by atoms with Crippen molar-refractivity contribution in [3.8, 4) is 5.75 Å². The van der Waals surface area contributed by atoms with E-state index in [1.54, 1.807) is 4.90 Å². The van der Waals surface area contributed by atoms with E-state index in [2.05, 4.69) is 0 Å². The highest BCUT2D eigenvalue weighted by atomic mass is 16.5. The van der Waals surface area contributed by atoms with Crippen LogP contribution in [0.1, 0.15) is 18.1 Å². The highest BCUT2D eigenvalue weighted by Crippen LogP contribution is 2.19. The molecule has 2 rings (SSSR count). The Balaban J connectivity index is 1.93. The Bertz CT molecular complexity index is 503. The van der Waals surface area contributed by atoms with Gasteiger partial charge in [-0.25, -0.2) is 0 Å². The number of amides is 1. The maximum Gasteiger partial charge on any atom is 0.260 e. The zero-order chi connectivity index (χ0) is 15.4. The van der Waals surface area contributed by atoms with Crippen LogP contribution in [0.15, 0.2) is 18.2 Å². The van der Waals surface area contributed by atoms with Crippen LogP contribution in [0.4, 0.5) is 0 Å². The average molecular weight is 293 g/mol. The normalized spacial score (nSPS) is 22.2. The van der Waals surface area contributed by atoms with Crippen LogP contribution in [0.3, 0.4) is 0 Å². The highest BCUT2D eigenvalue weighted by Gasteiger charge is 2.28. The number of nitrogens with zero attached hydrogens (tertiary/aromatic N) is 1. The van der Waals surface area contributed by atoms with Crippen molar-refractivity contribution >= 4 is 5.91 Å². The van der Waals surface area contributed by atoms with Crippen molar-refractivity contribution in [2.75, 3.05) is 26.3 Å². The molecule has 1 amide bonds. The first-order chi connectivity index (χ1) is 9.99. The molecule has 1 aliphatic rings. The highest BCUT2D eigenvalue weighted by molar-refractivity contribution is 5.78. The van der Waals surface area contributed by atoms with Gasteiger partial charge in [0.2, 0.25) is 0 Å². The Labute approximate surface area is 125 Å². The lowest BCUT2D eigenvalue weighted by molar-refractivity contribution is -0.149.